The number of hydrogen-bond donors (Lipinski definition) is 1. The largest absolute Gasteiger partial charge is 0.384 e. The average Bonchev–Trinajstić information content (AvgIpc) is 2.63. The van der Waals surface area contributed by atoms with Crippen molar-refractivity contribution in [3.8, 4) is 0 Å². The van der Waals surface area contributed by atoms with Gasteiger partial charge < -0.3 is 10.1 Å². The van der Waals surface area contributed by atoms with Crippen LogP contribution in [0.4, 0.5) is 0 Å². The minimum Gasteiger partial charge on any atom is -0.384 e. The first-order chi connectivity index (χ1) is 7.65. The zero-order valence-electron chi connectivity index (χ0n) is 10.6. The molecule has 0 radical (unpaired) electrons. The van der Waals surface area contributed by atoms with Gasteiger partial charge in [-0.3, -0.25) is 0 Å². The Bertz CT molecular complexity index is 301. The standard InChI is InChI=1S/C12H22N2OS/c1-9(7-15-4)5-11(13-3)6-12-14-10(2)8-16-12/h8-9,11,13H,5-7H2,1-4H3. The highest BCUT2D eigenvalue weighted by Gasteiger charge is 2.13. The summed E-state index contributed by atoms with van der Waals surface area (Å²) in [5.41, 5.74) is 1.12. The van der Waals surface area contributed by atoms with Crippen molar-refractivity contribution in [2.24, 2.45) is 5.92 Å². The van der Waals surface area contributed by atoms with Gasteiger partial charge in [0.15, 0.2) is 0 Å². The lowest BCUT2D eigenvalue weighted by atomic mass is 10.0. The Morgan fingerprint density at radius 3 is 2.81 bits per heavy atom. The van der Waals surface area contributed by atoms with Gasteiger partial charge in [0.05, 0.1) is 5.01 Å². The van der Waals surface area contributed by atoms with Crippen molar-refractivity contribution in [3.63, 3.8) is 0 Å². The van der Waals surface area contributed by atoms with Crippen LogP contribution in [0.25, 0.3) is 0 Å². The van der Waals surface area contributed by atoms with Gasteiger partial charge in [-0.15, -0.1) is 11.3 Å². The molecule has 0 aliphatic rings. The molecule has 4 heteroatoms. The number of ether oxygens (including phenoxy) is 1. The first-order valence-corrected chi connectivity index (χ1v) is 6.60. The van der Waals surface area contributed by atoms with Crippen LogP contribution in [0.3, 0.4) is 0 Å². The number of nitrogens with one attached hydrogen (secondary N) is 1. The topological polar surface area (TPSA) is 34.2 Å². The lowest BCUT2D eigenvalue weighted by Gasteiger charge is -2.19. The lowest BCUT2D eigenvalue weighted by Crippen LogP contribution is -2.30. The van der Waals surface area contributed by atoms with E-state index in [0.717, 1.165) is 25.1 Å². The van der Waals surface area contributed by atoms with Crippen LogP contribution in [0.2, 0.25) is 0 Å². The van der Waals surface area contributed by atoms with E-state index in [1.807, 2.05) is 14.0 Å². The Kier molecular flexibility index (Phi) is 5.95. The zero-order chi connectivity index (χ0) is 12.0. The van der Waals surface area contributed by atoms with Gasteiger partial charge >= 0.3 is 0 Å². The molecule has 1 aromatic heterocycles. The van der Waals surface area contributed by atoms with Gasteiger partial charge in [0.2, 0.25) is 0 Å². The van der Waals surface area contributed by atoms with E-state index >= 15 is 0 Å². The Balaban J connectivity index is 2.42. The number of hydrogen-bond acceptors (Lipinski definition) is 4. The Labute approximate surface area is 102 Å². The maximum absolute atomic E-state index is 5.16. The highest BCUT2D eigenvalue weighted by molar-refractivity contribution is 7.09. The summed E-state index contributed by atoms with van der Waals surface area (Å²) >= 11 is 1.75. The third-order valence-electron chi connectivity index (χ3n) is 2.63. The number of methoxy groups -OCH3 is 1. The van der Waals surface area contributed by atoms with Gasteiger partial charge in [-0.2, -0.15) is 0 Å². The van der Waals surface area contributed by atoms with Crippen LogP contribution in [0.1, 0.15) is 24.0 Å². The Morgan fingerprint density at radius 2 is 2.31 bits per heavy atom. The molecular formula is C12H22N2OS. The van der Waals surface area contributed by atoms with Crippen LogP contribution < -0.4 is 5.32 Å². The molecule has 16 heavy (non-hydrogen) atoms. The summed E-state index contributed by atoms with van der Waals surface area (Å²) in [7, 11) is 3.78. The van der Waals surface area contributed by atoms with E-state index in [2.05, 4.69) is 22.6 Å². The third kappa shape index (κ3) is 4.60. The smallest absolute Gasteiger partial charge is 0.0943 e. The van der Waals surface area contributed by atoms with Gasteiger partial charge in [-0.1, -0.05) is 6.92 Å². The molecule has 0 saturated heterocycles. The van der Waals surface area contributed by atoms with Crippen molar-refractivity contribution in [3.05, 3.63) is 16.1 Å². The summed E-state index contributed by atoms with van der Waals surface area (Å²) in [5.74, 6) is 0.587. The summed E-state index contributed by atoms with van der Waals surface area (Å²) < 4.78 is 5.16. The molecule has 1 heterocycles. The molecule has 3 nitrogen and oxygen atoms in total. The second-order valence-corrected chi connectivity index (χ2v) is 5.31. The summed E-state index contributed by atoms with van der Waals surface area (Å²) in [6.07, 6.45) is 2.14. The van der Waals surface area contributed by atoms with E-state index in [-0.39, 0.29) is 0 Å². The predicted octanol–water partition coefficient (Wildman–Crippen LogP) is 2.25. The number of likely N-dealkylation sites (N-methyl/N-ethyl adjacent to an activating group) is 1. The summed E-state index contributed by atoms with van der Waals surface area (Å²) in [6, 6.07) is 0.496. The van der Waals surface area contributed by atoms with Gasteiger partial charge in [-0.05, 0) is 26.3 Å². The van der Waals surface area contributed by atoms with E-state index in [1.165, 1.54) is 5.01 Å². The highest BCUT2D eigenvalue weighted by atomic mass is 32.1. The minimum atomic E-state index is 0.496. The number of nitrogens with zero attached hydrogens (tertiary/aromatic N) is 1. The van der Waals surface area contributed by atoms with E-state index in [1.54, 1.807) is 18.4 Å². The Morgan fingerprint density at radius 1 is 1.56 bits per heavy atom. The zero-order valence-corrected chi connectivity index (χ0v) is 11.4. The molecule has 0 amide bonds. The summed E-state index contributed by atoms with van der Waals surface area (Å²) in [4.78, 5) is 4.50. The quantitative estimate of drug-likeness (QED) is 0.796. The van der Waals surface area contributed by atoms with Gasteiger partial charge in [0.25, 0.3) is 0 Å². The van der Waals surface area contributed by atoms with Crippen LogP contribution in [0, 0.1) is 12.8 Å². The van der Waals surface area contributed by atoms with Crippen molar-refractivity contribution >= 4 is 11.3 Å². The number of aryl methyl sites for hydroxylation is 1. The van der Waals surface area contributed by atoms with Crippen LogP contribution in [-0.2, 0) is 11.2 Å². The van der Waals surface area contributed by atoms with Crippen LogP contribution >= 0.6 is 11.3 Å². The van der Waals surface area contributed by atoms with Crippen molar-refractivity contribution in [2.75, 3.05) is 20.8 Å². The molecule has 2 unspecified atom stereocenters. The van der Waals surface area contributed by atoms with Crippen molar-refractivity contribution < 1.29 is 4.74 Å². The monoisotopic (exact) mass is 242 g/mol. The molecule has 0 aliphatic heterocycles. The van der Waals surface area contributed by atoms with Crippen molar-refractivity contribution in [2.45, 2.75) is 32.7 Å². The molecule has 0 bridgehead atoms. The molecule has 92 valence electrons. The molecule has 0 spiro atoms. The molecular weight excluding hydrogens is 220 g/mol. The third-order valence-corrected chi connectivity index (χ3v) is 3.62. The normalized spacial score (nSPS) is 15.0. The molecule has 0 fully saturated rings. The summed E-state index contributed by atoms with van der Waals surface area (Å²) in [6.45, 7) is 5.10. The molecule has 2 atom stereocenters. The second kappa shape index (κ2) is 6.99. The van der Waals surface area contributed by atoms with Crippen LogP contribution in [-0.4, -0.2) is 31.8 Å². The fourth-order valence-corrected chi connectivity index (χ4v) is 2.70. The SMILES string of the molecule is CNC(Cc1nc(C)cs1)CC(C)COC. The van der Waals surface area contributed by atoms with Crippen LogP contribution in [0.5, 0.6) is 0 Å². The fourth-order valence-electron chi connectivity index (χ4n) is 1.85. The minimum absolute atomic E-state index is 0.496. The Hall–Kier alpha value is -0.450. The van der Waals surface area contributed by atoms with E-state index < -0.39 is 0 Å². The van der Waals surface area contributed by atoms with Crippen molar-refractivity contribution in [1.82, 2.24) is 10.3 Å². The van der Waals surface area contributed by atoms with Crippen molar-refractivity contribution in [1.29, 1.82) is 0 Å². The van der Waals surface area contributed by atoms with E-state index in [4.69, 9.17) is 4.74 Å². The lowest BCUT2D eigenvalue weighted by molar-refractivity contribution is 0.150. The molecule has 1 N–H and O–H groups in total. The predicted molar refractivity (Wildman–Crippen MR) is 69.1 cm³/mol. The molecule has 0 aliphatic carbocycles. The molecule has 1 aromatic rings. The molecule has 0 saturated carbocycles. The van der Waals surface area contributed by atoms with Gasteiger partial charge in [0, 0.05) is 37.3 Å². The number of aromatic nitrogens is 1. The molecule has 0 aromatic carbocycles. The van der Waals surface area contributed by atoms with E-state index in [9.17, 15) is 0 Å². The molecule has 1 rings (SSSR count). The first kappa shape index (κ1) is 13.6. The van der Waals surface area contributed by atoms with Crippen LogP contribution in [0.15, 0.2) is 5.38 Å². The first-order valence-electron chi connectivity index (χ1n) is 5.73. The van der Waals surface area contributed by atoms with Gasteiger partial charge in [0.1, 0.15) is 0 Å². The average molecular weight is 242 g/mol. The number of thiazole rings is 1. The maximum atomic E-state index is 5.16. The summed E-state index contributed by atoms with van der Waals surface area (Å²) in [5, 5.41) is 6.70. The fraction of sp³-hybridized carbons (Fsp3) is 0.750. The highest BCUT2D eigenvalue weighted by Crippen LogP contribution is 2.15. The second-order valence-electron chi connectivity index (χ2n) is 4.37. The van der Waals surface area contributed by atoms with E-state index in [0.29, 0.717) is 12.0 Å². The van der Waals surface area contributed by atoms with Gasteiger partial charge in [-0.25, -0.2) is 4.98 Å². The number of rotatable bonds is 7. The maximum Gasteiger partial charge on any atom is 0.0943 e.